The molecule has 2 aromatic rings. The maximum atomic E-state index is 10.8. The van der Waals surface area contributed by atoms with Crippen LogP contribution < -0.4 is 5.14 Å². The van der Waals surface area contributed by atoms with E-state index in [1.54, 1.807) is 0 Å². The maximum Gasteiger partial charge on any atom is 0.226 e. The van der Waals surface area contributed by atoms with E-state index >= 15 is 0 Å². The fourth-order valence-electron chi connectivity index (χ4n) is 1.50. The molecule has 0 aliphatic rings. The zero-order valence-corrected chi connectivity index (χ0v) is 12.3. The minimum absolute atomic E-state index is 0.0942. The second kappa shape index (κ2) is 5.81. The monoisotopic (exact) mass is 345 g/mol. The van der Waals surface area contributed by atoms with E-state index in [9.17, 15) is 8.42 Å². The van der Waals surface area contributed by atoms with Gasteiger partial charge >= 0.3 is 0 Å². The van der Waals surface area contributed by atoms with Crippen molar-refractivity contribution < 1.29 is 12.9 Å². The van der Waals surface area contributed by atoms with Crippen LogP contribution >= 0.6 is 15.9 Å². The van der Waals surface area contributed by atoms with Gasteiger partial charge in [-0.2, -0.15) is 4.98 Å². The molecule has 0 aliphatic heterocycles. The Balaban J connectivity index is 2.01. The highest BCUT2D eigenvalue weighted by atomic mass is 79.9. The van der Waals surface area contributed by atoms with E-state index in [4.69, 9.17) is 9.66 Å². The number of hydrogen-bond acceptors (Lipinski definition) is 5. The third-order valence-electron chi connectivity index (χ3n) is 2.39. The minimum Gasteiger partial charge on any atom is -0.339 e. The summed E-state index contributed by atoms with van der Waals surface area (Å²) in [5, 5.41) is 8.76. The van der Waals surface area contributed by atoms with Gasteiger partial charge in [0, 0.05) is 16.5 Å². The number of aryl methyl sites for hydroxylation is 1. The number of aromatic nitrogens is 2. The fraction of sp³-hybridized carbons (Fsp3) is 0.273. The van der Waals surface area contributed by atoms with E-state index in [1.165, 1.54) is 0 Å². The molecular weight excluding hydrogens is 334 g/mol. The van der Waals surface area contributed by atoms with Crippen LogP contribution in [0, 0.1) is 0 Å². The summed E-state index contributed by atoms with van der Waals surface area (Å²) in [7, 11) is -3.44. The van der Waals surface area contributed by atoms with Crippen molar-refractivity contribution in [2.75, 3.05) is 5.75 Å². The molecule has 0 aliphatic carbocycles. The summed E-state index contributed by atoms with van der Waals surface area (Å²) in [6, 6.07) is 7.49. The third kappa shape index (κ3) is 4.41. The Morgan fingerprint density at radius 1 is 1.26 bits per heavy atom. The van der Waals surface area contributed by atoms with Gasteiger partial charge < -0.3 is 4.52 Å². The standard InChI is InChI=1S/C11H12BrN3O3S/c12-9-5-3-8(4-6-9)11-14-10(18-15-11)2-1-7-19(13,16)17/h3-6H,1-2,7H2,(H2,13,16,17). The van der Waals surface area contributed by atoms with Gasteiger partial charge in [-0.15, -0.1) is 0 Å². The van der Waals surface area contributed by atoms with Crippen LogP contribution in [-0.4, -0.2) is 24.3 Å². The zero-order valence-electron chi connectivity index (χ0n) is 9.91. The SMILES string of the molecule is NS(=O)(=O)CCCc1nc(-c2ccc(Br)cc2)no1. The first-order valence-corrected chi connectivity index (χ1v) is 8.04. The Kier molecular flexibility index (Phi) is 4.33. The van der Waals surface area contributed by atoms with Crippen molar-refractivity contribution in [2.24, 2.45) is 5.14 Å². The number of halogens is 1. The first kappa shape index (κ1) is 14.2. The van der Waals surface area contributed by atoms with E-state index in [2.05, 4.69) is 26.1 Å². The van der Waals surface area contributed by atoms with Gasteiger partial charge in [-0.05, 0) is 30.7 Å². The Morgan fingerprint density at radius 2 is 1.95 bits per heavy atom. The normalized spacial score (nSPS) is 11.7. The van der Waals surface area contributed by atoms with E-state index < -0.39 is 10.0 Å². The summed E-state index contributed by atoms with van der Waals surface area (Å²) in [4.78, 5) is 4.20. The molecule has 0 radical (unpaired) electrons. The quantitative estimate of drug-likeness (QED) is 0.889. The van der Waals surface area contributed by atoms with Crippen molar-refractivity contribution in [3.05, 3.63) is 34.6 Å². The summed E-state index contributed by atoms with van der Waals surface area (Å²) >= 11 is 3.34. The van der Waals surface area contributed by atoms with E-state index in [0.29, 0.717) is 24.6 Å². The number of primary sulfonamides is 1. The lowest BCUT2D eigenvalue weighted by Gasteiger charge is -1.94. The summed E-state index contributed by atoms with van der Waals surface area (Å²) in [6.07, 6.45) is 0.751. The van der Waals surface area contributed by atoms with Gasteiger partial charge in [0.05, 0.1) is 5.75 Å². The van der Waals surface area contributed by atoms with Crippen molar-refractivity contribution in [2.45, 2.75) is 12.8 Å². The Labute approximate surface area is 119 Å². The van der Waals surface area contributed by atoms with E-state index in [1.807, 2.05) is 24.3 Å². The molecule has 6 nitrogen and oxygen atoms in total. The lowest BCUT2D eigenvalue weighted by Crippen LogP contribution is -2.16. The molecule has 1 heterocycles. The highest BCUT2D eigenvalue weighted by Gasteiger charge is 2.10. The van der Waals surface area contributed by atoms with Crippen LogP contribution in [0.25, 0.3) is 11.4 Å². The molecule has 19 heavy (non-hydrogen) atoms. The predicted octanol–water partition coefficient (Wildman–Crippen LogP) is 1.72. The predicted molar refractivity (Wildman–Crippen MR) is 73.7 cm³/mol. The molecule has 0 saturated heterocycles. The molecule has 0 spiro atoms. The van der Waals surface area contributed by atoms with Gasteiger partial charge in [-0.3, -0.25) is 0 Å². The van der Waals surface area contributed by atoms with Gasteiger partial charge in [0.25, 0.3) is 0 Å². The number of hydrogen-bond donors (Lipinski definition) is 1. The van der Waals surface area contributed by atoms with Crippen molar-refractivity contribution in [1.29, 1.82) is 0 Å². The van der Waals surface area contributed by atoms with E-state index in [0.717, 1.165) is 10.0 Å². The van der Waals surface area contributed by atoms with Gasteiger partial charge in [-0.25, -0.2) is 13.6 Å². The second-order valence-electron chi connectivity index (χ2n) is 3.99. The van der Waals surface area contributed by atoms with Crippen molar-refractivity contribution in [1.82, 2.24) is 10.1 Å². The second-order valence-corrected chi connectivity index (χ2v) is 6.64. The molecule has 2 N–H and O–H groups in total. The van der Waals surface area contributed by atoms with Crippen LogP contribution in [-0.2, 0) is 16.4 Å². The molecule has 8 heteroatoms. The number of nitrogens with zero attached hydrogens (tertiary/aromatic N) is 2. The molecule has 0 atom stereocenters. The summed E-state index contributed by atoms with van der Waals surface area (Å²) in [5.41, 5.74) is 0.838. The summed E-state index contributed by atoms with van der Waals surface area (Å²) < 4.78 is 27.6. The highest BCUT2D eigenvalue weighted by molar-refractivity contribution is 9.10. The molecule has 0 fully saturated rings. The highest BCUT2D eigenvalue weighted by Crippen LogP contribution is 2.19. The van der Waals surface area contributed by atoms with Crippen LogP contribution in [0.3, 0.4) is 0 Å². The van der Waals surface area contributed by atoms with Gasteiger partial charge in [-0.1, -0.05) is 21.1 Å². The molecule has 1 aromatic heterocycles. The van der Waals surface area contributed by atoms with Crippen molar-refractivity contribution in [3.63, 3.8) is 0 Å². The maximum absolute atomic E-state index is 10.8. The molecule has 102 valence electrons. The molecule has 2 rings (SSSR count). The smallest absolute Gasteiger partial charge is 0.226 e. The number of rotatable bonds is 5. The molecule has 0 amide bonds. The molecule has 1 aromatic carbocycles. The lowest BCUT2D eigenvalue weighted by molar-refractivity contribution is 0.378. The molecule has 0 unspecified atom stereocenters. The average molecular weight is 346 g/mol. The van der Waals surface area contributed by atoms with Gasteiger partial charge in [0.1, 0.15) is 0 Å². The fourth-order valence-corrected chi connectivity index (χ4v) is 2.31. The lowest BCUT2D eigenvalue weighted by atomic mass is 10.2. The first-order valence-electron chi connectivity index (χ1n) is 5.53. The number of sulfonamides is 1. The largest absolute Gasteiger partial charge is 0.339 e. The van der Waals surface area contributed by atoms with Crippen LogP contribution in [0.4, 0.5) is 0 Å². The van der Waals surface area contributed by atoms with E-state index in [-0.39, 0.29) is 5.75 Å². The van der Waals surface area contributed by atoms with Crippen molar-refractivity contribution in [3.8, 4) is 11.4 Å². The van der Waals surface area contributed by atoms with Gasteiger partial charge in [0.15, 0.2) is 0 Å². The Morgan fingerprint density at radius 3 is 2.58 bits per heavy atom. The first-order chi connectivity index (χ1) is 8.94. The number of nitrogens with two attached hydrogens (primary N) is 1. The Hall–Kier alpha value is -1.25. The van der Waals surface area contributed by atoms with Crippen LogP contribution in [0.15, 0.2) is 33.3 Å². The molecule has 0 bridgehead atoms. The van der Waals surface area contributed by atoms with Crippen molar-refractivity contribution >= 4 is 26.0 Å². The minimum atomic E-state index is -3.44. The summed E-state index contributed by atoms with van der Waals surface area (Å²) in [6.45, 7) is 0. The van der Waals surface area contributed by atoms with Crippen LogP contribution in [0.2, 0.25) is 0 Å². The van der Waals surface area contributed by atoms with Crippen LogP contribution in [0.5, 0.6) is 0 Å². The molecular formula is C11H12BrN3O3S. The molecule has 0 saturated carbocycles. The van der Waals surface area contributed by atoms with Gasteiger partial charge in [0.2, 0.25) is 21.7 Å². The topological polar surface area (TPSA) is 99.1 Å². The summed E-state index contributed by atoms with van der Waals surface area (Å²) in [5.74, 6) is 0.794. The zero-order chi connectivity index (χ0) is 13.9. The average Bonchev–Trinajstić information content (AvgIpc) is 2.77. The Bertz CT molecular complexity index is 652. The third-order valence-corrected chi connectivity index (χ3v) is 3.78. The van der Waals surface area contributed by atoms with Crippen LogP contribution in [0.1, 0.15) is 12.3 Å². The number of benzene rings is 1.